The third-order valence-corrected chi connectivity index (χ3v) is 3.20. The van der Waals surface area contributed by atoms with Gasteiger partial charge in [-0.2, -0.15) is 0 Å². The van der Waals surface area contributed by atoms with Gasteiger partial charge in [0.25, 0.3) is 0 Å². The first-order chi connectivity index (χ1) is 10.3. The summed E-state index contributed by atoms with van der Waals surface area (Å²) in [5, 5.41) is 0. The topological polar surface area (TPSA) is 78.8 Å². The van der Waals surface area contributed by atoms with Crippen molar-refractivity contribution in [3.8, 4) is 17.1 Å². The summed E-state index contributed by atoms with van der Waals surface area (Å²) in [6.45, 7) is 0.653. The van der Waals surface area contributed by atoms with E-state index in [4.69, 9.17) is 10.5 Å². The molecule has 0 radical (unpaired) electrons. The predicted molar refractivity (Wildman–Crippen MR) is 79.8 cm³/mol. The quantitative estimate of drug-likeness (QED) is 0.791. The van der Waals surface area contributed by atoms with Crippen LogP contribution in [0, 0.1) is 0 Å². The molecule has 0 saturated heterocycles. The van der Waals surface area contributed by atoms with Crippen LogP contribution in [-0.4, -0.2) is 26.6 Å². The van der Waals surface area contributed by atoms with Gasteiger partial charge in [0.15, 0.2) is 0 Å². The van der Waals surface area contributed by atoms with Gasteiger partial charge in [-0.15, -0.1) is 0 Å². The van der Waals surface area contributed by atoms with Crippen molar-refractivity contribution in [2.75, 3.05) is 12.8 Å². The number of ether oxygens (including phenoxy) is 1. The van der Waals surface area contributed by atoms with Crippen LogP contribution in [-0.2, 0) is 6.54 Å². The van der Waals surface area contributed by atoms with Crippen LogP contribution >= 0.6 is 0 Å². The zero-order chi connectivity index (χ0) is 14.7. The number of methoxy groups -OCH3 is 1. The summed E-state index contributed by atoms with van der Waals surface area (Å²) in [7, 11) is 1.60. The Kier molecular flexibility index (Phi) is 3.51. The van der Waals surface area contributed by atoms with E-state index in [1.807, 2.05) is 16.7 Å². The van der Waals surface area contributed by atoms with Gasteiger partial charge >= 0.3 is 0 Å². The van der Waals surface area contributed by atoms with Crippen LogP contribution in [0.4, 0.5) is 5.69 Å². The van der Waals surface area contributed by atoms with Crippen molar-refractivity contribution in [2.24, 2.45) is 0 Å². The second-order valence-electron chi connectivity index (χ2n) is 4.58. The molecular formula is C15H15N5O. The van der Waals surface area contributed by atoms with Gasteiger partial charge in [-0.25, -0.2) is 9.97 Å². The molecule has 0 unspecified atom stereocenters. The normalized spacial score (nSPS) is 10.5. The third kappa shape index (κ3) is 2.69. The van der Waals surface area contributed by atoms with Gasteiger partial charge in [0.05, 0.1) is 31.9 Å². The van der Waals surface area contributed by atoms with Crippen molar-refractivity contribution in [3.63, 3.8) is 0 Å². The minimum absolute atomic E-state index is 0.598. The van der Waals surface area contributed by atoms with Gasteiger partial charge in [0.2, 0.25) is 5.88 Å². The van der Waals surface area contributed by atoms with E-state index in [1.54, 1.807) is 44.3 Å². The van der Waals surface area contributed by atoms with E-state index in [0.29, 0.717) is 18.1 Å². The SMILES string of the molecule is COc1ccc(Cn2cncc2-c2cnccc2N)cn1. The number of anilines is 1. The summed E-state index contributed by atoms with van der Waals surface area (Å²) in [6, 6.07) is 5.59. The van der Waals surface area contributed by atoms with E-state index in [1.165, 1.54) is 0 Å². The van der Waals surface area contributed by atoms with E-state index in [-0.39, 0.29) is 0 Å². The Labute approximate surface area is 122 Å². The van der Waals surface area contributed by atoms with E-state index in [0.717, 1.165) is 16.8 Å². The summed E-state index contributed by atoms with van der Waals surface area (Å²) >= 11 is 0. The second-order valence-corrected chi connectivity index (χ2v) is 4.58. The largest absolute Gasteiger partial charge is 0.481 e. The number of nitrogen functional groups attached to an aromatic ring is 1. The lowest BCUT2D eigenvalue weighted by atomic mass is 10.2. The molecule has 0 spiro atoms. The molecule has 0 saturated carbocycles. The van der Waals surface area contributed by atoms with Crippen molar-refractivity contribution < 1.29 is 4.74 Å². The number of aromatic nitrogens is 4. The van der Waals surface area contributed by atoms with Crippen LogP contribution in [0.15, 0.2) is 49.3 Å². The standard InChI is InChI=1S/C15H15N5O/c1-21-15-3-2-11(6-19-15)9-20-10-18-8-14(20)12-7-17-5-4-13(12)16/h2-8,10H,9H2,1H3,(H2,16,17). The zero-order valence-corrected chi connectivity index (χ0v) is 11.6. The number of pyridine rings is 2. The van der Waals surface area contributed by atoms with E-state index in [2.05, 4.69) is 15.0 Å². The first-order valence-electron chi connectivity index (χ1n) is 6.47. The fourth-order valence-electron chi connectivity index (χ4n) is 2.11. The number of nitrogens with two attached hydrogens (primary N) is 1. The predicted octanol–water partition coefficient (Wildman–Crippen LogP) is 1.98. The lowest BCUT2D eigenvalue weighted by Gasteiger charge is -2.10. The highest BCUT2D eigenvalue weighted by molar-refractivity contribution is 5.72. The van der Waals surface area contributed by atoms with Crippen LogP contribution < -0.4 is 10.5 Å². The summed E-state index contributed by atoms with van der Waals surface area (Å²) in [5.41, 5.74) is 9.53. The van der Waals surface area contributed by atoms with Crippen LogP contribution in [0.2, 0.25) is 0 Å². The monoisotopic (exact) mass is 281 g/mol. The molecule has 0 atom stereocenters. The molecule has 21 heavy (non-hydrogen) atoms. The first kappa shape index (κ1) is 13.1. The lowest BCUT2D eigenvalue weighted by molar-refractivity contribution is 0.397. The highest BCUT2D eigenvalue weighted by atomic mass is 16.5. The molecule has 0 aliphatic heterocycles. The summed E-state index contributed by atoms with van der Waals surface area (Å²) in [4.78, 5) is 12.5. The Hall–Kier alpha value is -2.89. The number of rotatable bonds is 4. The van der Waals surface area contributed by atoms with Gasteiger partial charge in [-0.3, -0.25) is 4.98 Å². The van der Waals surface area contributed by atoms with Crippen LogP contribution in [0.25, 0.3) is 11.3 Å². The molecule has 0 bridgehead atoms. The van der Waals surface area contributed by atoms with Crippen LogP contribution in [0.3, 0.4) is 0 Å². The fraction of sp³-hybridized carbons (Fsp3) is 0.133. The maximum atomic E-state index is 6.00. The second kappa shape index (κ2) is 5.62. The number of hydrogen-bond acceptors (Lipinski definition) is 5. The molecule has 0 fully saturated rings. The summed E-state index contributed by atoms with van der Waals surface area (Å²) in [6.07, 6.45) is 8.76. The van der Waals surface area contributed by atoms with Gasteiger partial charge in [-0.05, 0) is 11.6 Å². The lowest BCUT2D eigenvalue weighted by Crippen LogP contribution is -2.02. The molecule has 3 rings (SSSR count). The molecule has 0 aliphatic carbocycles. The molecule has 3 aromatic heterocycles. The van der Waals surface area contributed by atoms with Gasteiger partial charge in [-0.1, -0.05) is 6.07 Å². The Morgan fingerprint density at radius 1 is 1.14 bits per heavy atom. The molecule has 0 aromatic carbocycles. The van der Waals surface area contributed by atoms with Crippen molar-refractivity contribution in [1.29, 1.82) is 0 Å². The highest BCUT2D eigenvalue weighted by Crippen LogP contribution is 2.24. The minimum atomic E-state index is 0.598. The van der Waals surface area contributed by atoms with Crippen molar-refractivity contribution in [2.45, 2.75) is 6.54 Å². The maximum Gasteiger partial charge on any atom is 0.212 e. The fourth-order valence-corrected chi connectivity index (χ4v) is 2.11. The maximum absolute atomic E-state index is 6.00. The minimum Gasteiger partial charge on any atom is -0.481 e. The molecule has 3 aromatic rings. The number of nitrogens with zero attached hydrogens (tertiary/aromatic N) is 4. The Morgan fingerprint density at radius 3 is 2.76 bits per heavy atom. The zero-order valence-electron chi connectivity index (χ0n) is 11.6. The molecule has 0 amide bonds. The molecule has 2 N–H and O–H groups in total. The Morgan fingerprint density at radius 2 is 2.05 bits per heavy atom. The number of hydrogen-bond donors (Lipinski definition) is 1. The third-order valence-electron chi connectivity index (χ3n) is 3.20. The van der Waals surface area contributed by atoms with Crippen molar-refractivity contribution in [1.82, 2.24) is 19.5 Å². The smallest absolute Gasteiger partial charge is 0.212 e. The Balaban J connectivity index is 1.90. The van der Waals surface area contributed by atoms with Crippen molar-refractivity contribution in [3.05, 3.63) is 54.9 Å². The van der Waals surface area contributed by atoms with Crippen molar-refractivity contribution >= 4 is 5.69 Å². The van der Waals surface area contributed by atoms with Gasteiger partial charge in [0, 0.05) is 35.9 Å². The average Bonchev–Trinajstić information content (AvgIpc) is 2.96. The summed E-state index contributed by atoms with van der Waals surface area (Å²) < 4.78 is 7.07. The van der Waals surface area contributed by atoms with E-state index < -0.39 is 0 Å². The van der Waals surface area contributed by atoms with E-state index >= 15 is 0 Å². The molecule has 0 aliphatic rings. The first-order valence-corrected chi connectivity index (χ1v) is 6.47. The van der Waals surface area contributed by atoms with Crippen LogP contribution in [0.5, 0.6) is 5.88 Å². The molecule has 6 heteroatoms. The average molecular weight is 281 g/mol. The highest BCUT2D eigenvalue weighted by Gasteiger charge is 2.09. The molecule has 3 heterocycles. The van der Waals surface area contributed by atoms with E-state index in [9.17, 15) is 0 Å². The van der Waals surface area contributed by atoms with Gasteiger partial charge < -0.3 is 15.0 Å². The molecular weight excluding hydrogens is 266 g/mol. The van der Waals surface area contributed by atoms with Gasteiger partial charge in [0.1, 0.15) is 0 Å². The molecule has 6 nitrogen and oxygen atoms in total. The van der Waals surface area contributed by atoms with Crippen LogP contribution in [0.1, 0.15) is 5.56 Å². The Bertz CT molecular complexity index is 736. The molecule has 106 valence electrons. The summed E-state index contributed by atoms with van der Waals surface area (Å²) in [5.74, 6) is 0.598. The number of imidazole rings is 1.